The van der Waals surface area contributed by atoms with E-state index in [1.165, 1.54) is 22.6 Å². The van der Waals surface area contributed by atoms with Gasteiger partial charge in [0.05, 0.1) is 30.7 Å². The number of aliphatic imine (C=N–C) groups is 2. The number of nitrogens with zero attached hydrogens (tertiary/aromatic N) is 9. The van der Waals surface area contributed by atoms with Gasteiger partial charge in [-0.15, -0.1) is 0 Å². The van der Waals surface area contributed by atoms with Crippen LogP contribution in [0.4, 0.5) is 4.79 Å². The summed E-state index contributed by atoms with van der Waals surface area (Å²) in [5, 5.41) is 18.2. The highest BCUT2D eigenvalue weighted by Crippen LogP contribution is 2.38. The predicted octanol–water partition coefficient (Wildman–Crippen LogP) is -0.841. The predicted molar refractivity (Wildman–Crippen MR) is 117 cm³/mol. The number of aromatic nitrogens is 2. The molecule has 1 unspecified atom stereocenters. The van der Waals surface area contributed by atoms with Gasteiger partial charge in [-0.1, -0.05) is 0 Å². The minimum Gasteiger partial charge on any atom is -0.463 e. The number of hydrogen-bond acceptors (Lipinski definition) is 10. The zero-order valence-corrected chi connectivity index (χ0v) is 18.2. The molecule has 6 heterocycles. The normalized spacial score (nSPS) is 22.0. The summed E-state index contributed by atoms with van der Waals surface area (Å²) in [6.45, 7) is 1.31. The van der Waals surface area contributed by atoms with Crippen molar-refractivity contribution in [3.63, 3.8) is 0 Å². The van der Waals surface area contributed by atoms with Crippen molar-refractivity contribution in [3.05, 3.63) is 47.8 Å². The summed E-state index contributed by atoms with van der Waals surface area (Å²) in [7, 11) is 1.66. The Morgan fingerprint density at radius 2 is 2.15 bits per heavy atom. The zero-order chi connectivity index (χ0) is 23.6. The molecule has 1 atom stereocenters. The van der Waals surface area contributed by atoms with Crippen molar-refractivity contribution in [3.8, 4) is 0 Å². The second-order valence-corrected chi connectivity index (χ2v) is 8.33. The summed E-state index contributed by atoms with van der Waals surface area (Å²) in [5.41, 5.74) is 1.54. The quantitative estimate of drug-likeness (QED) is 0.541. The largest absolute Gasteiger partial charge is 0.463 e. The molecule has 4 aliphatic heterocycles. The van der Waals surface area contributed by atoms with Crippen molar-refractivity contribution in [2.75, 3.05) is 26.7 Å². The van der Waals surface area contributed by atoms with Crippen LogP contribution in [-0.2, 0) is 6.54 Å². The highest BCUT2D eigenvalue weighted by Gasteiger charge is 2.51. The molecule has 2 aromatic heterocycles. The highest BCUT2D eigenvalue weighted by molar-refractivity contribution is 6.12. The lowest BCUT2D eigenvalue weighted by molar-refractivity contribution is 0.00588. The zero-order valence-electron chi connectivity index (χ0n) is 18.2. The third kappa shape index (κ3) is 2.99. The van der Waals surface area contributed by atoms with Crippen LogP contribution in [0.15, 0.2) is 50.9 Å². The Hall–Kier alpha value is -4.17. The third-order valence-electron chi connectivity index (χ3n) is 6.16. The Kier molecular flexibility index (Phi) is 4.46. The van der Waals surface area contributed by atoms with Crippen molar-refractivity contribution in [1.29, 1.82) is 0 Å². The second-order valence-electron chi connectivity index (χ2n) is 8.33. The van der Waals surface area contributed by atoms with Crippen LogP contribution in [0.2, 0.25) is 0 Å². The number of rotatable bonds is 5. The Morgan fingerprint density at radius 1 is 1.32 bits per heavy atom. The van der Waals surface area contributed by atoms with Gasteiger partial charge >= 0.3 is 6.03 Å². The molecule has 0 aliphatic carbocycles. The lowest BCUT2D eigenvalue weighted by Gasteiger charge is -2.35. The molecule has 0 spiro atoms. The standard InChI is InChI=1S/C20H22N10O4/c1-25-20(33)28(5-4-27-8-12(7-23-27)18(32)26-9-13(31)10-26)19-24-17-16(30(19)25)15(22-11-29(17)21)14-3-2-6-34-14/h2-3,6-8,11,13,19,31H,4-5,9-10,21H2,1H3. The molecule has 3 amide bonds. The van der Waals surface area contributed by atoms with E-state index in [-0.39, 0.29) is 11.9 Å². The van der Waals surface area contributed by atoms with Gasteiger partial charge in [0.25, 0.3) is 5.91 Å². The van der Waals surface area contributed by atoms with Gasteiger partial charge in [0.15, 0.2) is 11.6 Å². The number of aliphatic hydroxyl groups is 1. The van der Waals surface area contributed by atoms with Crippen molar-refractivity contribution >= 4 is 29.8 Å². The van der Waals surface area contributed by atoms with Crippen molar-refractivity contribution in [2.24, 2.45) is 15.8 Å². The molecule has 0 bridgehead atoms. The number of furan rings is 1. The summed E-state index contributed by atoms with van der Waals surface area (Å²) in [6.07, 6.45) is 5.03. The first kappa shape index (κ1) is 20.4. The van der Waals surface area contributed by atoms with Gasteiger partial charge in [-0.05, 0) is 12.1 Å². The fourth-order valence-electron chi connectivity index (χ4n) is 4.38. The van der Waals surface area contributed by atoms with E-state index >= 15 is 0 Å². The van der Waals surface area contributed by atoms with Crippen LogP contribution in [-0.4, -0.2) is 103 Å². The topological polar surface area (TPSA) is 152 Å². The van der Waals surface area contributed by atoms with E-state index in [1.54, 1.807) is 51.1 Å². The second kappa shape index (κ2) is 7.43. The molecule has 2 saturated heterocycles. The third-order valence-corrected chi connectivity index (χ3v) is 6.16. The van der Waals surface area contributed by atoms with Gasteiger partial charge in [0, 0.05) is 32.9 Å². The number of β-amino-alcohol motifs (C(OH)–C–C–N with tert-alkyl or cyclic N) is 1. The molecular weight excluding hydrogens is 444 g/mol. The number of aliphatic hydroxyl groups excluding tert-OH is 1. The van der Waals surface area contributed by atoms with Gasteiger partial charge in [0.1, 0.15) is 17.7 Å². The lowest BCUT2D eigenvalue weighted by atomic mass is 10.1. The molecule has 0 radical (unpaired) electrons. The van der Waals surface area contributed by atoms with Crippen LogP contribution in [0.5, 0.6) is 0 Å². The highest BCUT2D eigenvalue weighted by atomic mass is 16.3. The molecule has 14 heteroatoms. The van der Waals surface area contributed by atoms with E-state index in [0.717, 1.165) is 0 Å². The van der Waals surface area contributed by atoms with E-state index in [2.05, 4.69) is 10.1 Å². The molecule has 14 nitrogen and oxygen atoms in total. The van der Waals surface area contributed by atoms with Gasteiger partial charge in [-0.2, -0.15) is 5.10 Å². The van der Waals surface area contributed by atoms with E-state index in [4.69, 9.17) is 15.3 Å². The SMILES string of the molecule is CN1C(=O)N(CCn2cc(C(=O)N3CC(O)C3)cn2)C2N=C3C(=C(c4ccco4)N=CN3N)N21. The molecule has 0 aromatic carbocycles. The van der Waals surface area contributed by atoms with Gasteiger partial charge < -0.3 is 14.4 Å². The number of likely N-dealkylation sites (tertiary alicyclic amines) is 1. The lowest BCUT2D eigenvalue weighted by Crippen LogP contribution is -2.53. The summed E-state index contributed by atoms with van der Waals surface area (Å²) < 4.78 is 7.14. The van der Waals surface area contributed by atoms with E-state index in [1.807, 2.05) is 0 Å². The summed E-state index contributed by atoms with van der Waals surface area (Å²) in [5.74, 6) is 6.92. The molecular formula is C20H22N10O4. The maximum absolute atomic E-state index is 13.1. The molecule has 2 aromatic rings. The number of amides is 3. The number of nitrogens with two attached hydrogens (primary N) is 1. The molecule has 3 N–H and O–H groups in total. The Bertz CT molecular complexity index is 1240. The fourth-order valence-corrected chi connectivity index (χ4v) is 4.38. The average Bonchev–Trinajstić information content (AvgIpc) is 3.58. The van der Waals surface area contributed by atoms with E-state index < -0.39 is 12.4 Å². The van der Waals surface area contributed by atoms with Gasteiger partial charge in [0.2, 0.25) is 6.29 Å². The summed E-state index contributed by atoms with van der Waals surface area (Å²) in [6, 6.07) is 3.30. The number of hydrogen-bond donors (Lipinski definition) is 2. The van der Waals surface area contributed by atoms with E-state index in [9.17, 15) is 14.7 Å². The summed E-state index contributed by atoms with van der Waals surface area (Å²) >= 11 is 0. The monoisotopic (exact) mass is 466 g/mol. The number of amidine groups is 1. The Morgan fingerprint density at radius 3 is 2.88 bits per heavy atom. The number of carbonyl (C=O) groups excluding carboxylic acids is 2. The van der Waals surface area contributed by atoms with Crippen LogP contribution in [0.1, 0.15) is 16.1 Å². The first-order chi connectivity index (χ1) is 16.4. The Balaban J connectivity index is 1.22. The Labute approximate surface area is 193 Å². The number of carbonyl (C=O) groups is 2. The number of urea groups is 1. The smallest absolute Gasteiger partial charge is 0.341 e. The maximum atomic E-state index is 13.1. The van der Waals surface area contributed by atoms with Gasteiger partial charge in [-0.25, -0.2) is 35.6 Å². The molecule has 176 valence electrons. The van der Waals surface area contributed by atoms with E-state index in [0.29, 0.717) is 54.7 Å². The number of fused-ring (bicyclic) bond motifs is 3. The summed E-state index contributed by atoms with van der Waals surface area (Å²) in [4.78, 5) is 37.7. The first-order valence-electron chi connectivity index (χ1n) is 10.7. The molecule has 0 saturated carbocycles. The maximum Gasteiger partial charge on any atom is 0.341 e. The van der Waals surface area contributed by atoms with Crippen LogP contribution in [0.25, 0.3) is 5.70 Å². The van der Waals surface area contributed by atoms with Crippen molar-refractivity contribution in [1.82, 2.24) is 34.6 Å². The van der Waals surface area contributed by atoms with Crippen LogP contribution in [0.3, 0.4) is 0 Å². The first-order valence-corrected chi connectivity index (χ1v) is 10.7. The number of hydrazine groups is 2. The van der Waals surface area contributed by atoms with Crippen molar-refractivity contribution < 1.29 is 19.1 Å². The fraction of sp³-hybridized carbons (Fsp3) is 0.350. The minimum atomic E-state index is -0.639. The molecule has 6 rings (SSSR count). The minimum absolute atomic E-state index is 0.175. The van der Waals surface area contributed by atoms with Crippen LogP contribution < -0.4 is 5.84 Å². The van der Waals surface area contributed by atoms with Crippen molar-refractivity contribution in [2.45, 2.75) is 18.9 Å². The molecule has 2 fully saturated rings. The average molecular weight is 466 g/mol. The van der Waals surface area contributed by atoms with Crippen LogP contribution >= 0.6 is 0 Å². The van der Waals surface area contributed by atoms with Crippen LogP contribution in [0, 0.1) is 0 Å². The van der Waals surface area contributed by atoms with Gasteiger partial charge in [-0.3, -0.25) is 14.4 Å². The molecule has 34 heavy (non-hydrogen) atoms. The molecule has 4 aliphatic rings.